The molecule has 0 aromatic heterocycles. The van der Waals surface area contributed by atoms with Gasteiger partial charge in [-0.25, -0.2) is 9.59 Å². The maximum Gasteiger partial charge on any atom is 0.338 e. The Hall–Kier alpha value is -2.82. The van der Waals surface area contributed by atoms with Crippen LogP contribution in [0, 0.1) is 0 Å². The van der Waals surface area contributed by atoms with E-state index in [2.05, 4.69) is 0 Å². The first kappa shape index (κ1) is 17.5. The van der Waals surface area contributed by atoms with E-state index < -0.39 is 0 Å². The first-order valence-electron chi connectivity index (χ1n) is 7.85. The highest BCUT2D eigenvalue weighted by molar-refractivity contribution is 5.90. The van der Waals surface area contributed by atoms with Crippen LogP contribution in [0.15, 0.2) is 48.5 Å². The van der Waals surface area contributed by atoms with Gasteiger partial charge in [-0.2, -0.15) is 0 Å². The summed E-state index contributed by atoms with van der Waals surface area (Å²) in [6, 6.07) is 14.3. The Labute approximate surface area is 141 Å². The number of hydrogen-bond donors (Lipinski definition) is 0. The third kappa shape index (κ3) is 4.13. The predicted molar refractivity (Wildman–Crippen MR) is 92.9 cm³/mol. The van der Waals surface area contributed by atoms with Gasteiger partial charge in [0.25, 0.3) is 0 Å². The number of ether oxygens (including phenoxy) is 2. The van der Waals surface area contributed by atoms with Crippen molar-refractivity contribution in [3.8, 4) is 0 Å². The number of nitrogens with zero attached hydrogens (tertiary/aromatic N) is 1. The van der Waals surface area contributed by atoms with Gasteiger partial charge in [0.2, 0.25) is 0 Å². The molecule has 0 saturated carbocycles. The van der Waals surface area contributed by atoms with E-state index in [0.29, 0.717) is 24.3 Å². The van der Waals surface area contributed by atoms with Crippen LogP contribution in [0.25, 0.3) is 0 Å². The summed E-state index contributed by atoms with van der Waals surface area (Å²) < 4.78 is 9.94. The van der Waals surface area contributed by atoms with Crippen molar-refractivity contribution < 1.29 is 19.1 Å². The fourth-order valence-corrected chi connectivity index (χ4v) is 2.22. The van der Waals surface area contributed by atoms with Crippen LogP contribution in [0.2, 0.25) is 0 Å². The first-order chi connectivity index (χ1) is 11.6. The summed E-state index contributed by atoms with van der Waals surface area (Å²) in [5, 5.41) is 0. The largest absolute Gasteiger partial charge is 0.462 e. The van der Waals surface area contributed by atoms with Gasteiger partial charge in [-0.05, 0) is 62.4 Å². The molecule has 0 radical (unpaired) electrons. The number of anilines is 2. The highest BCUT2D eigenvalue weighted by Gasteiger charge is 2.10. The lowest BCUT2D eigenvalue weighted by Crippen LogP contribution is -2.11. The predicted octanol–water partition coefficient (Wildman–Crippen LogP) is 3.81. The van der Waals surface area contributed by atoms with E-state index in [1.54, 1.807) is 38.1 Å². The second kappa shape index (κ2) is 8.15. The Kier molecular flexibility index (Phi) is 5.95. The summed E-state index contributed by atoms with van der Waals surface area (Å²) in [4.78, 5) is 25.3. The van der Waals surface area contributed by atoms with Crippen molar-refractivity contribution >= 4 is 23.3 Å². The van der Waals surface area contributed by atoms with E-state index in [4.69, 9.17) is 9.47 Å². The van der Waals surface area contributed by atoms with E-state index in [-0.39, 0.29) is 11.9 Å². The highest BCUT2D eigenvalue weighted by atomic mass is 16.5. The molecule has 5 nitrogen and oxygen atoms in total. The van der Waals surface area contributed by atoms with Gasteiger partial charge in [-0.3, -0.25) is 0 Å². The molecule has 2 rings (SSSR count). The maximum atomic E-state index is 11.7. The smallest absolute Gasteiger partial charge is 0.338 e. The number of esters is 2. The molecule has 5 heteroatoms. The molecule has 0 saturated heterocycles. The minimum Gasteiger partial charge on any atom is -0.462 e. The van der Waals surface area contributed by atoms with Crippen molar-refractivity contribution in [2.24, 2.45) is 0 Å². The summed E-state index contributed by atoms with van der Waals surface area (Å²) in [5.41, 5.74) is 2.89. The van der Waals surface area contributed by atoms with Crippen LogP contribution in [-0.4, -0.2) is 32.2 Å². The lowest BCUT2D eigenvalue weighted by molar-refractivity contribution is 0.0517. The van der Waals surface area contributed by atoms with E-state index in [9.17, 15) is 9.59 Å². The number of carbonyl (C=O) groups excluding carboxylic acids is 2. The second-order valence-corrected chi connectivity index (χ2v) is 5.09. The van der Waals surface area contributed by atoms with Crippen molar-refractivity contribution in [1.29, 1.82) is 0 Å². The molecule has 2 aromatic rings. The Morgan fingerprint density at radius 3 is 1.38 bits per heavy atom. The third-order valence-electron chi connectivity index (χ3n) is 3.53. The average molecular weight is 327 g/mol. The van der Waals surface area contributed by atoms with Crippen molar-refractivity contribution in [2.75, 3.05) is 25.2 Å². The molecule has 0 unspecified atom stereocenters. The summed E-state index contributed by atoms with van der Waals surface area (Å²) in [6.07, 6.45) is 0. The van der Waals surface area contributed by atoms with Crippen LogP contribution >= 0.6 is 0 Å². The molecule has 0 fully saturated rings. The van der Waals surface area contributed by atoms with Gasteiger partial charge in [0, 0.05) is 18.4 Å². The van der Waals surface area contributed by atoms with Gasteiger partial charge in [0.1, 0.15) is 0 Å². The zero-order chi connectivity index (χ0) is 17.5. The number of carbonyl (C=O) groups is 2. The van der Waals surface area contributed by atoms with Gasteiger partial charge < -0.3 is 14.4 Å². The molecule has 0 bridgehead atoms. The summed E-state index contributed by atoms with van der Waals surface area (Å²) in [7, 11) is 1.92. The molecule has 0 spiro atoms. The van der Waals surface area contributed by atoms with Gasteiger partial charge in [0.15, 0.2) is 0 Å². The third-order valence-corrected chi connectivity index (χ3v) is 3.53. The highest BCUT2D eigenvalue weighted by Crippen LogP contribution is 2.24. The summed E-state index contributed by atoms with van der Waals surface area (Å²) in [5.74, 6) is -0.656. The second-order valence-electron chi connectivity index (χ2n) is 5.09. The Morgan fingerprint density at radius 1 is 0.750 bits per heavy atom. The molecule has 0 heterocycles. The van der Waals surface area contributed by atoms with Gasteiger partial charge in [-0.15, -0.1) is 0 Å². The Bertz CT molecular complexity index is 631. The van der Waals surface area contributed by atoms with Crippen molar-refractivity contribution in [3.63, 3.8) is 0 Å². The zero-order valence-electron chi connectivity index (χ0n) is 14.1. The number of hydrogen-bond acceptors (Lipinski definition) is 5. The zero-order valence-corrected chi connectivity index (χ0v) is 14.1. The van der Waals surface area contributed by atoms with E-state index in [1.807, 2.05) is 36.2 Å². The molecule has 0 aliphatic rings. The topological polar surface area (TPSA) is 55.8 Å². The van der Waals surface area contributed by atoms with Gasteiger partial charge in [-0.1, -0.05) is 0 Å². The normalized spacial score (nSPS) is 10.1. The van der Waals surface area contributed by atoms with Crippen molar-refractivity contribution in [2.45, 2.75) is 13.8 Å². The lowest BCUT2D eigenvalue weighted by Gasteiger charge is -2.20. The molecule has 24 heavy (non-hydrogen) atoms. The molecule has 0 amide bonds. The summed E-state index contributed by atoms with van der Waals surface area (Å²) >= 11 is 0. The van der Waals surface area contributed by atoms with Crippen LogP contribution < -0.4 is 4.90 Å². The fraction of sp³-hybridized carbons (Fsp3) is 0.263. The van der Waals surface area contributed by atoms with Gasteiger partial charge >= 0.3 is 11.9 Å². The molecule has 0 aliphatic heterocycles. The molecule has 0 atom stereocenters. The summed E-state index contributed by atoms with van der Waals surface area (Å²) in [6.45, 7) is 4.26. The average Bonchev–Trinajstić information content (AvgIpc) is 2.62. The molecule has 126 valence electrons. The minimum absolute atomic E-state index is 0.328. The molecule has 0 N–H and O–H groups in total. The van der Waals surface area contributed by atoms with Crippen LogP contribution in [0.3, 0.4) is 0 Å². The maximum absolute atomic E-state index is 11.7. The molecular formula is C19H21NO4. The Balaban J connectivity index is 2.12. The molecular weight excluding hydrogens is 306 g/mol. The van der Waals surface area contributed by atoms with Crippen molar-refractivity contribution in [3.05, 3.63) is 59.7 Å². The fourth-order valence-electron chi connectivity index (χ4n) is 2.22. The van der Waals surface area contributed by atoms with E-state index >= 15 is 0 Å². The minimum atomic E-state index is -0.328. The van der Waals surface area contributed by atoms with Crippen molar-refractivity contribution in [1.82, 2.24) is 0 Å². The number of rotatable bonds is 6. The standard InChI is InChI=1S/C19H21NO4/c1-4-23-18(21)14-6-10-16(11-7-14)20(3)17-12-8-15(9-13-17)19(22)24-5-2/h6-13H,4-5H2,1-3H3. The van der Waals surface area contributed by atoms with Crippen LogP contribution in [0.1, 0.15) is 34.6 Å². The number of benzene rings is 2. The molecule has 0 aliphatic carbocycles. The van der Waals surface area contributed by atoms with Crippen LogP contribution in [0.4, 0.5) is 11.4 Å². The van der Waals surface area contributed by atoms with Gasteiger partial charge in [0.05, 0.1) is 24.3 Å². The van der Waals surface area contributed by atoms with E-state index in [0.717, 1.165) is 11.4 Å². The Morgan fingerprint density at radius 2 is 1.08 bits per heavy atom. The quantitative estimate of drug-likeness (QED) is 0.755. The lowest BCUT2D eigenvalue weighted by atomic mass is 10.1. The first-order valence-corrected chi connectivity index (χ1v) is 7.85. The van der Waals surface area contributed by atoms with Crippen LogP contribution in [0.5, 0.6) is 0 Å². The molecule has 2 aromatic carbocycles. The van der Waals surface area contributed by atoms with Crippen LogP contribution in [-0.2, 0) is 9.47 Å². The van der Waals surface area contributed by atoms with E-state index in [1.165, 1.54) is 0 Å². The monoisotopic (exact) mass is 327 g/mol. The SMILES string of the molecule is CCOC(=O)c1ccc(N(C)c2ccc(C(=O)OCC)cc2)cc1.